The van der Waals surface area contributed by atoms with Crippen LogP contribution in [0, 0.1) is 24.0 Å². The van der Waals surface area contributed by atoms with Crippen LogP contribution in [0.4, 0.5) is 17.1 Å². The number of amides is 1. The molecule has 1 amide bonds. The van der Waals surface area contributed by atoms with Gasteiger partial charge in [-0.2, -0.15) is 0 Å². The molecule has 3 rings (SSSR count). The second kappa shape index (κ2) is 8.75. The van der Waals surface area contributed by atoms with E-state index in [0.717, 1.165) is 5.56 Å². The summed E-state index contributed by atoms with van der Waals surface area (Å²) in [5.74, 6) is -0.538. The summed E-state index contributed by atoms with van der Waals surface area (Å²) in [6, 6.07) is 14.6. The minimum atomic E-state index is -3.86. The van der Waals surface area contributed by atoms with E-state index >= 15 is 0 Å². The summed E-state index contributed by atoms with van der Waals surface area (Å²) < 4.78 is 27.6. The molecule has 0 unspecified atom stereocenters. The Balaban J connectivity index is 1.77. The van der Waals surface area contributed by atoms with E-state index in [1.165, 1.54) is 55.5 Å². The Hall–Kier alpha value is -3.43. The maximum atomic E-state index is 12.6. The molecule has 0 bridgehead atoms. The van der Waals surface area contributed by atoms with E-state index in [1.807, 2.05) is 6.92 Å². The highest BCUT2D eigenvalue weighted by atomic mass is 35.5. The van der Waals surface area contributed by atoms with E-state index in [1.54, 1.807) is 12.1 Å². The van der Waals surface area contributed by atoms with Crippen LogP contribution < -0.4 is 10.0 Å². The normalized spacial score (nSPS) is 11.1. The summed E-state index contributed by atoms with van der Waals surface area (Å²) in [5, 5.41) is 14.1. The van der Waals surface area contributed by atoms with Gasteiger partial charge in [-0.3, -0.25) is 19.6 Å². The number of anilines is 2. The average molecular weight is 460 g/mol. The number of nitro groups is 1. The van der Waals surface area contributed by atoms with Crippen LogP contribution in [0.3, 0.4) is 0 Å². The van der Waals surface area contributed by atoms with E-state index in [9.17, 15) is 23.3 Å². The Morgan fingerprint density at radius 3 is 2.26 bits per heavy atom. The van der Waals surface area contributed by atoms with Crippen molar-refractivity contribution in [1.29, 1.82) is 0 Å². The minimum Gasteiger partial charge on any atom is -0.322 e. The zero-order valence-electron chi connectivity index (χ0n) is 16.5. The molecular weight excluding hydrogens is 442 g/mol. The third-order valence-corrected chi connectivity index (χ3v) is 6.40. The molecule has 0 aliphatic heterocycles. The minimum absolute atomic E-state index is 0.00581. The molecule has 3 aromatic rings. The third kappa shape index (κ3) is 5.01. The summed E-state index contributed by atoms with van der Waals surface area (Å²) in [5.41, 5.74) is 1.73. The fourth-order valence-corrected chi connectivity index (χ4v) is 4.08. The highest BCUT2D eigenvalue weighted by Gasteiger charge is 2.19. The molecule has 0 aliphatic carbocycles. The smallest absolute Gasteiger partial charge is 0.273 e. The van der Waals surface area contributed by atoms with Crippen LogP contribution in [-0.4, -0.2) is 19.2 Å². The van der Waals surface area contributed by atoms with Crippen molar-refractivity contribution in [3.05, 3.63) is 92.5 Å². The number of benzene rings is 3. The van der Waals surface area contributed by atoms with E-state index in [-0.39, 0.29) is 21.7 Å². The van der Waals surface area contributed by atoms with Crippen LogP contribution >= 0.6 is 11.6 Å². The van der Waals surface area contributed by atoms with Gasteiger partial charge in [-0.15, -0.1) is 0 Å². The lowest BCUT2D eigenvalue weighted by atomic mass is 10.1. The molecule has 0 aliphatic rings. The Kier molecular flexibility index (Phi) is 6.28. The lowest BCUT2D eigenvalue weighted by molar-refractivity contribution is -0.385. The van der Waals surface area contributed by atoms with Gasteiger partial charge in [0.2, 0.25) is 0 Å². The number of carbonyl (C=O) groups excluding carboxylic acids is 1. The number of carbonyl (C=O) groups is 1. The fourth-order valence-electron chi connectivity index (χ4n) is 2.85. The first-order valence-electron chi connectivity index (χ1n) is 9.03. The predicted molar refractivity (Wildman–Crippen MR) is 119 cm³/mol. The lowest BCUT2D eigenvalue weighted by Gasteiger charge is -2.11. The van der Waals surface area contributed by atoms with E-state index in [0.29, 0.717) is 16.4 Å². The summed E-state index contributed by atoms with van der Waals surface area (Å²) in [7, 11) is -3.86. The summed E-state index contributed by atoms with van der Waals surface area (Å²) in [4.78, 5) is 23.0. The number of nitro benzene ring substituents is 1. The number of nitrogens with one attached hydrogen (secondary N) is 2. The number of hydrogen-bond acceptors (Lipinski definition) is 5. The molecule has 0 spiro atoms. The molecule has 160 valence electrons. The number of halogens is 1. The van der Waals surface area contributed by atoms with E-state index < -0.39 is 20.9 Å². The molecule has 2 N–H and O–H groups in total. The first-order valence-corrected chi connectivity index (χ1v) is 10.9. The molecule has 3 aromatic carbocycles. The van der Waals surface area contributed by atoms with Gasteiger partial charge in [-0.05, 0) is 61.9 Å². The molecule has 0 saturated carbocycles. The molecule has 0 saturated heterocycles. The third-order valence-electron chi connectivity index (χ3n) is 4.59. The highest BCUT2D eigenvalue weighted by molar-refractivity contribution is 7.92. The summed E-state index contributed by atoms with van der Waals surface area (Å²) >= 11 is 6.03. The zero-order chi connectivity index (χ0) is 22.8. The first-order chi connectivity index (χ1) is 14.6. The molecule has 0 atom stereocenters. The van der Waals surface area contributed by atoms with Gasteiger partial charge in [0.05, 0.1) is 15.5 Å². The summed E-state index contributed by atoms with van der Waals surface area (Å²) in [6.07, 6.45) is 0. The monoisotopic (exact) mass is 459 g/mol. The van der Waals surface area contributed by atoms with Crippen molar-refractivity contribution in [2.24, 2.45) is 0 Å². The molecule has 0 aromatic heterocycles. The van der Waals surface area contributed by atoms with Crippen LogP contribution in [-0.2, 0) is 10.0 Å². The number of sulfonamides is 1. The molecule has 31 heavy (non-hydrogen) atoms. The number of rotatable bonds is 6. The van der Waals surface area contributed by atoms with Gasteiger partial charge < -0.3 is 5.32 Å². The van der Waals surface area contributed by atoms with Crippen LogP contribution in [0.25, 0.3) is 0 Å². The van der Waals surface area contributed by atoms with Gasteiger partial charge in [0.15, 0.2) is 0 Å². The average Bonchev–Trinajstić information content (AvgIpc) is 2.71. The molecule has 10 heteroatoms. The van der Waals surface area contributed by atoms with Gasteiger partial charge in [-0.25, -0.2) is 8.42 Å². The first kappa shape index (κ1) is 22.3. The van der Waals surface area contributed by atoms with Gasteiger partial charge in [0.25, 0.3) is 21.6 Å². The van der Waals surface area contributed by atoms with E-state index in [4.69, 9.17) is 11.6 Å². The van der Waals surface area contributed by atoms with Crippen molar-refractivity contribution < 1.29 is 18.1 Å². The Morgan fingerprint density at radius 2 is 1.65 bits per heavy atom. The lowest BCUT2D eigenvalue weighted by Crippen LogP contribution is -2.15. The SMILES string of the molecule is Cc1ccc(NS(=O)(=O)c2ccc(NC(=O)c3cccc([N+](=O)[O-])c3C)cc2)cc1Cl. The highest BCUT2D eigenvalue weighted by Crippen LogP contribution is 2.24. The van der Waals surface area contributed by atoms with Crippen LogP contribution in [0.2, 0.25) is 5.02 Å². The number of nitrogens with zero attached hydrogens (tertiary/aromatic N) is 1. The van der Waals surface area contributed by atoms with Crippen molar-refractivity contribution in [3.63, 3.8) is 0 Å². The molecule has 0 radical (unpaired) electrons. The van der Waals surface area contributed by atoms with Crippen molar-refractivity contribution >= 4 is 44.6 Å². The van der Waals surface area contributed by atoms with Crippen LogP contribution in [0.5, 0.6) is 0 Å². The van der Waals surface area contributed by atoms with Gasteiger partial charge >= 0.3 is 0 Å². The maximum absolute atomic E-state index is 12.6. The van der Waals surface area contributed by atoms with Crippen molar-refractivity contribution in [2.75, 3.05) is 10.0 Å². The Bertz CT molecular complexity index is 1270. The zero-order valence-corrected chi connectivity index (χ0v) is 18.1. The predicted octanol–water partition coefficient (Wildman–Crippen LogP) is 4.92. The second-order valence-electron chi connectivity index (χ2n) is 6.75. The molecule has 8 nitrogen and oxygen atoms in total. The summed E-state index contributed by atoms with van der Waals surface area (Å²) in [6.45, 7) is 3.30. The topological polar surface area (TPSA) is 118 Å². The van der Waals surface area contributed by atoms with Crippen molar-refractivity contribution in [1.82, 2.24) is 0 Å². The Morgan fingerprint density at radius 1 is 1.00 bits per heavy atom. The second-order valence-corrected chi connectivity index (χ2v) is 8.84. The van der Waals surface area contributed by atoms with Gasteiger partial charge in [0, 0.05) is 27.9 Å². The quantitative estimate of drug-likeness (QED) is 0.400. The largest absolute Gasteiger partial charge is 0.322 e. The maximum Gasteiger partial charge on any atom is 0.273 e. The fraction of sp³-hybridized carbons (Fsp3) is 0.0952. The number of hydrogen-bond donors (Lipinski definition) is 2. The molecule has 0 fully saturated rings. The molecular formula is C21H18ClN3O5S. The van der Waals surface area contributed by atoms with Crippen molar-refractivity contribution in [2.45, 2.75) is 18.7 Å². The van der Waals surface area contributed by atoms with Crippen LogP contribution in [0.1, 0.15) is 21.5 Å². The van der Waals surface area contributed by atoms with Gasteiger partial charge in [0.1, 0.15) is 0 Å². The number of aryl methyl sites for hydroxylation is 1. The van der Waals surface area contributed by atoms with Gasteiger partial charge in [-0.1, -0.05) is 23.7 Å². The molecule has 0 heterocycles. The van der Waals surface area contributed by atoms with E-state index in [2.05, 4.69) is 10.0 Å². The Labute approximate surface area is 184 Å². The standard InChI is InChI=1S/C21H18ClN3O5S/c1-13-6-7-16(12-19(13)22)24-31(29,30)17-10-8-15(9-11-17)23-21(26)18-4-3-5-20(14(18)2)25(27)28/h3-12,24H,1-2H3,(H,23,26). The van der Waals surface area contributed by atoms with Crippen molar-refractivity contribution in [3.8, 4) is 0 Å². The van der Waals surface area contributed by atoms with Crippen LogP contribution in [0.15, 0.2) is 65.6 Å².